The summed E-state index contributed by atoms with van der Waals surface area (Å²) in [6.45, 7) is 5.50. The fourth-order valence-corrected chi connectivity index (χ4v) is 4.18. The number of nitrogens with one attached hydrogen (secondary N) is 1. The molecule has 0 atom stereocenters. The van der Waals surface area contributed by atoms with E-state index in [1.807, 2.05) is 36.1 Å². The number of nitrogens with zero attached hydrogens (tertiary/aromatic N) is 2. The molecule has 1 heterocycles. The van der Waals surface area contributed by atoms with Gasteiger partial charge in [-0.15, -0.1) is 0 Å². The maximum atomic E-state index is 12.5. The molecule has 0 radical (unpaired) electrons. The zero-order valence-electron chi connectivity index (χ0n) is 15.9. The van der Waals surface area contributed by atoms with E-state index in [-0.39, 0.29) is 18.2 Å². The normalized spacial score (nSPS) is 19.8. The Hall–Kier alpha value is -1.88. The quantitative estimate of drug-likeness (QED) is 0.842. The lowest BCUT2D eigenvalue weighted by Gasteiger charge is -2.33. The first kappa shape index (κ1) is 18.9. The van der Waals surface area contributed by atoms with E-state index in [0.717, 1.165) is 43.9 Å². The highest BCUT2D eigenvalue weighted by atomic mass is 16.2. The second kappa shape index (κ2) is 9.17. The van der Waals surface area contributed by atoms with Gasteiger partial charge in [-0.2, -0.15) is 0 Å². The molecule has 1 saturated carbocycles. The number of rotatable bonds is 4. The van der Waals surface area contributed by atoms with Crippen molar-refractivity contribution in [1.82, 2.24) is 9.80 Å². The molecule has 1 aliphatic heterocycles. The van der Waals surface area contributed by atoms with Crippen LogP contribution in [0.2, 0.25) is 0 Å². The van der Waals surface area contributed by atoms with Crippen LogP contribution in [-0.2, 0) is 9.59 Å². The van der Waals surface area contributed by atoms with Crippen molar-refractivity contribution in [2.45, 2.75) is 57.9 Å². The third-order valence-corrected chi connectivity index (χ3v) is 5.59. The van der Waals surface area contributed by atoms with Crippen molar-refractivity contribution >= 4 is 17.5 Å². The minimum Gasteiger partial charge on any atom is -0.341 e. The zero-order valence-corrected chi connectivity index (χ0v) is 15.9. The predicted molar refractivity (Wildman–Crippen MR) is 104 cm³/mol. The average molecular weight is 357 g/mol. The predicted octanol–water partition coefficient (Wildman–Crippen LogP) is 3.19. The SMILES string of the molecule is Cc1cccc(NC(=O)CC(=O)N2CCCN(C3CCCCC3)CC2)c1. The van der Waals surface area contributed by atoms with Gasteiger partial charge in [-0.1, -0.05) is 31.4 Å². The van der Waals surface area contributed by atoms with Crippen molar-refractivity contribution in [1.29, 1.82) is 0 Å². The Morgan fingerprint density at radius 2 is 1.85 bits per heavy atom. The topological polar surface area (TPSA) is 52.7 Å². The van der Waals surface area contributed by atoms with Gasteiger partial charge >= 0.3 is 0 Å². The highest BCUT2D eigenvalue weighted by Crippen LogP contribution is 2.23. The van der Waals surface area contributed by atoms with Crippen LogP contribution in [0.3, 0.4) is 0 Å². The molecule has 142 valence electrons. The van der Waals surface area contributed by atoms with Gasteiger partial charge in [0.1, 0.15) is 6.42 Å². The van der Waals surface area contributed by atoms with E-state index in [1.54, 1.807) is 0 Å². The van der Waals surface area contributed by atoms with Gasteiger partial charge in [0.15, 0.2) is 0 Å². The Morgan fingerprint density at radius 1 is 1.04 bits per heavy atom. The van der Waals surface area contributed by atoms with Crippen molar-refractivity contribution < 1.29 is 9.59 Å². The van der Waals surface area contributed by atoms with Crippen molar-refractivity contribution in [2.75, 3.05) is 31.5 Å². The fourth-order valence-electron chi connectivity index (χ4n) is 4.18. The van der Waals surface area contributed by atoms with Crippen molar-refractivity contribution in [3.8, 4) is 0 Å². The second-order valence-corrected chi connectivity index (χ2v) is 7.66. The van der Waals surface area contributed by atoms with Gasteiger partial charge in [-0.25, -0.2) is 0 Å². The van der Waals surface area contributed by atoms with Crippen LogP contribution in [0.4, 0.5) is 5.69 Å². The summed E-state index contributed by atoms with van der Waals surface area (Å²) >= 11 is 0. The summed E-state index contributed by atoms with van der Waals surface area (Å²) < 4.78 is 0. The molecule has 1 aromatic carbocycles. The van der Waals surface area contributed by atoms with Crippen LogP contribution in [-0.4, -0.2) is 53.8 Å². The number of carbonyl (C=O) groups excluding carboxylic acids is 2. The van der Waals surface area contributed by atoms with E-state index < -0.39 is 0 Å². The van der Waals surface area contributed by atoms with E-state index >= 15 is 0 Å². The molecule has 2 aliphatic rings. The lowest BCUT2D eigenvalue weighted by molar-refractivity contribution is -0.134. The summed E-state index contributed by atoms with van der Waals surface area (Å²) in [5, 5.41) is 2.83. The fraction of sp³-hybridized carbons (Fsp3) is 0.619. The molecule has 2 amide bonds. The van der Waals surface area contributed by atoms with Gasteiger partial charge in [0, 0.05) is 37.9 Å². The molecular formula is C21H31N3O2. The third kappa shape index (κ3) is 5.31. The molecule has 2 fully saturated rings. The molecule has 0 bridgehead atoms. The maximum absolute atomic E-state index is 12.5. The van der Waals surface area contributed by atoms with Gasteiger partial charge < -0.3 is 10.2 Å². The summed E-state index contributed by atoms with van der Waals surface area (Å²) in [4.78, 5) is 29.2. The summed E-state index contributed by atoms with van der Waals surface area (Å²) in [5.41, 5.74) is 1.84. The van der Waals surface area contributed by atoms with Crippen LogP contribution in [0, 0.1) is 6.92 Å². The Kier molecular flexibility index (Phi) is 6.67. The van der Waals surface area contributed by atoms with Crippen LogP contribution in [0.1, 0.15) is 50.5 Å². The molecule has 26 heavy (non-hydrogen) atoms. The van der Waals surface area contributed by atoms with Crippen LogP contribution >= 0.6 is 0 Å². The van der Waals surface area contributed by atoms with E-state index in [9.17, 15) is 9.59 Å². The Morgan fingerprint density at radius 3 is 2.62 bits per heavy atom. The summed E-state index contributed by atoms with van der Waals surface area (Å²) in [6, 6.07) is 8.35. The summed E-state index contributed by atoms with van der Waals surface area (Å²) in [6.07, 6.45) is 7.57. The van der Waals surface area contributed by atoms with Crippen molar-refractivity contribution in [3.63, 3.8) is 0 Å². The smallest absolute Gasteiger partial charge is 0.233 e. The number of hydrogen-bond acceptors (Lipinski definition) is 3. The lowest BCUT2D eigenvalue weighted by Crippen LogP contribution is -2.41. The van der Waals surface area contributed by atoms with Crippen molar-refractivity contribution in [2.24, 2.45) is 0 Å². The Bertz CT molecular complexity index is 625. The number of amides is 2. The van der Waals surface area contributed by atoms with E-state index in [2.05, 4.69) is 10.2 Å². The van der Waals surface area contributed by atoms with Gasteiger partial charge in [0.2, 0.25) is 11.8 Å². The van der Waals surface area contributed by atoms with Gasteiger partial charge in [-0.05, 0) is 43.9 Å². The monoisotopic (exact) mass is 357 g/mol. The molecule has 1 saturated heterocycles. The third-order valence-electron chi connectivity index (χ3n) is 5.59. The van der Waals surface area contributed by atoms with Gasteiger partial charge in [0.25, 0.3) is 0 Å². The highest BCUT2D eigenvalue weighted by Gasteiger charge is 2.25. The molecule has 5 nitrogen and oxygen atoms in total. The first-order valence-electron chi connectivity index (χ1n) is 10.00. The molecule has 5 heteroatoms. The van der Waals surface area contributed by atoms with Crippen LogP contribution < -0.4 is 5.32 Å². The Balaban J connectivity index is 1.47. The molecule has 3 rings (SSSR count). The van der Waals surface area contributed by atoms with Crippen LogP contribution in [0.15, 0.2) is 24.3 Å². The Labute approximate surface area is 156 Å². The molecule has 1 N–H and O–H groups in total. The van der Waals surface area contributed by atoms with Gasteiger partial charge in [-0.3, -0.25) is 14.5 Å². The minimum atomic E-state index is -0.228. The number of carbonyl (C=O) groups is 2. The molecule has 0 aromatic heterocycles. The number of aryl methyl sites for hydroxylation is 1. The second-order valence-electron chi connectivity index (χ2n) is 7.66. The highest BCUT2D eigenvalue weighted by molar-refractivity contribution is 6.03. The lowest BCUT2D eigenvalue weighted by atomic mass is 9.94. The molecule has 1 aromatic rings. The number of hydrogen-bond donors (Lipinski definition) is 1. The largest absolute Gasteiger partial charge is 0.341 e. The summed E-state index contributed by atoms with van der Waals surface area (Å²) in [5.74, 6) is -0.283. The van der Waals surface area contributed by atoms with Crippen molar-refractivity contribution in [3.05, 3.63) is 29.8 Å². The minimum absolute atomic E-state index is 0.0550. The van der Waals surface area contributed by atoms with E-state index in [1.165, 1.54) is 32.1 Å². The van der Waals surface area contributed by atoms with Crippen LogP contribution in [0.5, 0.6) is 0 Å². The average Bonchev–Trinajstić information content (AvgIpc) is 2.88. The molecule has 0 spiro atoms. The van der Waals surface area contributed by atoms with E-state index in [4.69, 9.17) is 0 Å². The summed E-state index contributed by atoms with van der Waals surface area (Å²) in [7, 11) is 0. The molecular weight excluding hydrogens is 326 g/mol. The number of benzene rings is 1. The van der Waals surface area contributed by atoms with E-state index in [0.29, 0.717) is 6.04 Å². The first-order valence-corrected chi connectivity index (χ1v) is 10.00. The maximum Gasteiger partial charge on any atom is 0.233 e. The first-order chi connectivity index (χ1) is 12.6. The zero-order chi connectivity index (χ0) is 18.4. The van der Waals surface area contributed by atoms with Gasteiger partial charge in [0.05, 0.1) is 0 Å². The molecule has 0 unspecified atom stereocenters. The molecule has 1 aliphatic carbocycles. The standard InChI is InChI=1S/C21H31N3O2/c1-17-7-5-8-18(15-17)22-20(25)16-21(26)24-12-6-11-23(13-14-24)19-9-3-2-4-10-19/h5,7-8,15,19H,2-4,6,9-14,16H2,1H3,(H,22,25). The number of anilines is 1. The van der Waals surface area contributed by atoms with Crippen LogP contribution in [0.25, 0.3) is 0 Å².